The molecule has 0 aromatic heterocycles. The molecule has 1 unspecified atom stereocenters. The highest BCUT2D eigenvalue weighted by Gasteiger charge is 2.55. The molecule has 0 fully saturated rings. The molecule has 0 amide bonds. The Kier molecular flexibility index (Phi) is 8.13. The monoisotopic (exact) mass is 556 g/mol. The lowest BCUT2D eigenvalue weighted by Crippen LogP contribution is -2.59. The highest BCUT2D eigenvalue weighted by atomic mass is 79.9. The van der Waals surface area contributed by atoms with Crippen LogP contribution in [0.1, 0.15) is 79.7 Å². The average Bonchev–Trinajstić information content (AvgIpc) is 2.82. The molecule has 6 nitrogen and oxygen atoms in total. The lowest BCUT2D eigenvalue weighted by Gasteiger charge is -2.51. The Labute approximate surface area is 221 Å². The molecule has 1 aliphatic carbocycles. The van der Waals surface area contributed by atoms with E-state index in [1.54, 1.807) is 12.1 Å². The third kappa shape index (κ3) is 5.41. The van der Waals surface area contributed by atoms with Gasteiger partial charge in [-0.25, -0.2) is 4.79 Å². The predicted octanol–water partition coefficient (Wildman–Crippen LogP) is 5.97. The number of rotatable bonds is 6. The summed E-state index contributed by atoms with van der Waals surface area (Å²) >= 11 is 3.62. The van der Waals surface area contributed by atoms with Crippen LogP contribution >= 0.6 is 15.9 Å². The average molecular weight is 557 g/mol. The van der Waals surface area contributed by atoms with Crippen molar-refractivity contribution in [3.05, 3.63) is 69.8 Å². The van der Waals surface area contributed by atoms with E-state index in [0.717, 1.165) is 27.8 Å². The van der Waals surface area contributed by atoms with Crippen LogP contribution in [0.4, 0.5) is 0 Å². The van der Waals surface area contributed by atoms with E-state index in [-0.39, 0.29) is 5.97 Å². The molecule has 2 atom stereocenters. The van der Waals surface area contributed by atoms with Gasteiger partial charge >= 0.3 is 17.9 Å². The molecule has 0 bridgehead atoms. The first-order chi connectivity index (χ1) is 16.8. The first kappa shape index (κ1) is 27.7. The standard InChI is InChI=1S/C29H33BrO6/c1-17(31)35-25-26(36-18(2)32)29(5,6)24-15-22(16-30)21(14-23(24)28(25,3)4)13-10-19-8-11-20(12-9-19)27(33)34-7/h8-15,25-26H,16H2,1-7H3/t25-,26?/m0/s1. The zero-order chi connectivity index (χ0) is 26.8. The molecule has 0 spiro atoms. The number of alkyl halides is 1. The molecule has 0 aliphatic heterocycles. The lowest BCUT2D eigenvalue weighted by molar-refractivity contribution is -0.179. The van der Waals surface area contributed by atoms with Crippen LogP contribution in [0, 0.1) is 0 Å². The second-order valence-corrected chi connectivity index (χ2v) is 10.7. The number of fused-ring (bicyclic) bond motifs is 1. The molecule has 192 valence electrons. The van der Waals surface area contributed by atoms with Gasteiger partial charge in [-0.2, -0.15) is 0 Å². The molecule has 3 rings (SSSR count). The van der Waals surface area contributed by atoms with E-state index in [2.05, 4.69) is 28.1 Å². The van der Waals surface area contributed by atoms with Gasteiger partial charge in [0.25, 0.3) is 0 Å². The first-order valence-corrected chi connectivity index (χ1v) is 12.9. The zero-order valence-corrected chi connectivity index (χ0v) is 23.4. The minimum absolute atomic E-state index is 0.374. The topological polar surface area (TPSA) is 78.9 Å². The van der Waals surface area contributed by atoms with Crippen LogP contribution in [-0.4, -0.2) is 37.2 Å². The Morgan fingerprint density at radius 3 is 1.81 bits per heavy atom. The number of esters is 3. The van der Waals surface area contributed by atoms with Crippen molar-refractivity contribution < 1.29 is 28.6 Å². The largest absolute Gasteiger partial charge is 0.465 e. The lowest BCUT2D eigenvalue weighted by atomic mass is 9.59. The molecule has 36 heavy (non-hydrogen) atoms. The number of hydrogen-bond donors (Lipinski definition) is 0. The molecule has 0 radical (unpaired) electrons. The molecule has 0 heterocycles. The molecule has 0 N–H and O–H groups in total. The SMILES string of the molecule is COC(=O)c1ccc(C=Cc2cc3c(cc2CBr)C(C)(C)C(OC(C)=O)[C@H](OC(C)=O)C3(C)C)cc1. The van der Waals surface area contributed by atoms with Gasteiger partial charge in [0.05, 0.1) is 12.7 Å². The molecule has 2 aromatic rings. The van der Waals surface area contributed by atoms with Gasteiger partial charge in [0, 0.05) is 30.0 Å². The number of halogens is 1. The quantitative estimate of drug-likeness (QED) is 0.189. The third-order valence-corrected chi connectivity index (χ3v) is 7.49. The third-order valence-electron chi connectivity index (χ3n) is 6.88. The number of hydrogen-bond acceptors (Lipinski definition) is 6. The van der Waals surface area contributed by atoms with Crippen molar-refractivity contribution in [3.63, 3.8) is 0 Å². The van der Waals surface area contributed by atoms with Crippen LogP contribution in [-0.2, 0) is 40.0 Å². The van der Waals surface area contributed by atoms with Crippen LogP contribution in [0.2, 0.25) is 0 Å². The Morgan fingerprint density at radius 1 is 0.861 bits per heavy atom. The van der Waals surface area contributed by atoms with Crippen molar-refractivity contribution in [2.45, 2.75) is 69.9 Å². The number of methoxy groups -OCH3 is 1. The van der Waals surface area contributed by atoms with Crippen molar-refractivity contribution in [2.75, 3.05) is 7.11 Å². The van der Waals surface area contributed by atoms with Gasteiger partial charge in [-0.1, -0.05) is 80.0 Å². The fourth-order valence-electron chi connectivity index (χ4n) is 4.87. The van der Waals surface area contributed by atoms with E-state index in [9.17, 15) is 14.4 Å². The van der Waals surface area contributed by atoms with E-state index in [0.29, 0.717) is 10.9 Å². The van der Waals surface area contributed by atoms with Crippen LogP contribution in [0.25, 0.3) is 12.2 Å². The van der Waals surface area contributed by atoms with E-state index >= 15 is 0 Å². The van der Waals surface area contributed by atoms with Gasteiger partial charge in [0.1, 0.15) is 12.2 Å². The van der Waals surface area contributed by atoms with Crippen LogP contribution in [0.3, 0.4) is 0 Å². The summed E-state index contributed by atoms with van der Waals surface area (Å²) in [5.41, 5.74) is 4.39. The van der Waals surface area contributed by atoms with Crippen LogP contribution < -0.4 is 0 Å². The minimum atomic E-state index is -0.654. The van der Waals surface area contributed by atoms with Gasteiger partial charge in [0.2, 0.25) is 0 Å². The van der Waals surface area contributed by atoms with E-state index < -0.39 is 35.0 Å². The summed E-state index contributed by atoms with van der Waals surface area (Å²) in [4.78, 5) is 35.8. The summed E-state index contributed by atoms with van der Waals surface area (Å²) in [6.07, 6.45) is 2.73. The molecular weight excluding hydrogens is 524 g/mol. The number of benzene rings is 2. The van der Waals surface area contributed by atoms with Crippen molar-refractivity contribution in [1.82, 2.24) is 0 Å². The Bertz CT molecular complexity index is 1190. The summed E-state index contributed by atoms with van der Waals surface area (Å²) < 4.78 is 16.3. The van der Waals surface area contributed by atoms with Gasteiger partial charge in [-0.05, 0) is 39.9 Å². The van der Waals surface area contributed by atoms with E-state index in [1.165, 1.54) is 21.0 Å². The summed E-state index contributed by atoms with van der Waals surface area (Å²) in [6.45, 7) is 10.8. The van der Waals surface area contributed by atoms with Crippen molar-refractivity contribution in [3.8, 4) is 0 Å². The van der Waals surface area contributed by atoms with Crippen molar-refractivity contribution in [1.29, 1.82) is 0 Å². The molecule has 2 aromatic carbocycles. The smallest absolute Gasteiger partial charge is 0.337 e. The summed E-state index contributed by atoms with van der Waals surface area (Å²) in [7, 11) is 1.36. The highest BCUT2D eigenvalue weighted by molar-refractivity contribution is 9.08. The van der Waals surface area contributed by atoms with Gasteiger partial charge in [-0.3, -0.25) is 9.59 Å². The van der Waals surface area contributed by atoms with Crippen molar-refractivity contribution >= 4 is 46.0 Å². The fourth-order valence-corrected chi connectivity index (χ4v) is 5.36. The molecular formula is C29H33BrO6. The summed E-state index contributed by atoms with van der Waals surface area (Å²) in [6, 6.07) is 11.5. The fraction of sp³-hybridized carbons (Fsp3) is 0.414. The van der Waals surface area contributed by atoms with Gasteiger partial charge < -0.3 is 14.2 Å². The minimum Gasteiger partial charge on any atom is -0.465 e. The number of ether oxygens (including phenoxy) is 3. The first-order valence-electron chi connectivity index (χ1n) is 11.8. The Morgan fingerprint density at radius 2 is 1.36 bits per heavy atom. The molecule has 0 saturated carbocycles. The maximum absolute atomic E-state index is 12.1. The maximum Gasteiger partial charge on any atom is 0.337 e. The highest BCUT2D eigenvalue weighted by Crippen LogP contribution is 2.49. The second-order valence-electron chi connectivity index (χ2n) is 10.2. The van der Waals surface area contributed by atoms with Gasteiger partial charge in [-0.15, -0.1) is 0 Å². The molecule has 1 aliphatic rings. The van der Waals surface area contributed by atoms with E-state index in [4.69, 9.17) is 14.2 Å². The summed E-state index contributed by atoms with van der Waals surface area (Å²) in [5.74, 6) is -1.21. The zero-order valence-electron chi connectivity index (χ0n) is 21.8. The normalized spacial score (nSPS) is 19.9. The summed E-state index contributed by atoms with van der Waals surface area (Å²) in [5, 5.41) is 0.628. The van der Waals surface area contributed by atoms with Crippen LogP contribution in [0.5, 0.6) is 0 Å². The number of carbonyl (C=O) groups is 3. The molecule has 0 saturated heterocycles. The Hall–Kier alpha value is -2.93. The maximum atomic E-state index is 12.1. The van der Waals surface area contributed by atoms with Gasteiger partial charge in [0.15, 0.2) is 0 Å². The number of carbonyl (C=O) groups excluding carboxylic acids is 3. The molecule has 7 heteroatoms. The second kappa shape index (κ2) is 10.6. The predicted molar refractivity (Wildman–Crippen MR) is 143 cm³/mol. The van der Waals surface area contributed by atoms with E-state index in [1.807, 2.05) is 52.0 Å². The van der Waals surface area contributed by atoms with Crippen molar-refractivity contribution in [2.24, 2.45) is 0 Å². The van der Waals surface area contributed by atoms with Crippen LogP contribution in [0.15, 0.2) is 36.4 Å². The Balaban J connectivity index is 2.11.